The number of primary amides is 1. The van der Waals surface area contributed by atoms with Crippen LogP contribution in [0.4, 0.5) is 10.5 Å². The van der Waals surface area contributed by atoms with Gasteiger partial charge in [-0.25, -0.2) is 4.79 Å². The number of nitrogens with two attached hydrogens (primary N) is 1. The third-order valence-electron chi connectivity index (χ3n) is 4.64. The molecule has 142 valence electrons. The molecule has 2 aromatic rings. The van der Waals surface area contributed by atoms with Crippen LogP contribution in [-0.4, -0.2) is 18.0 Å². The molecule has 3 amide bonds. The topological polar surface area (TPSA) is 93.5 Å². The van der Waals surface area contributed by atoms with Gasteiger partial charge in [0.1, 0.15) is 5.75 Å². The molecule has 1 aliphatic carbocycles. The maximum atomic E-state index is 12.3. The monoisotopic (exact) mass is 367 g/mol. The Bertz CT molecular complexity index is 801. The van der Waals surface area contributed by atoms with Crippen molar-refractivity contribution < 1.29 is 14.3 Å². The molecule has 0 radical (unpaired) electrons. The number of carbonyl (C=O) groups is 2. The van der Waals surface area contributed by atoms with Gasteiger partial charge in [-0.3, -0.25) is 4.79 Å². The number of anilines is 1. The first-order valence-corrected chi connectivity index (χ1v) is 9.27. The highest BCUT2D eigenvalue weighted by Gasteiger charge is 2.18. The summed E-state index contributed by atoms with van der Waals surface area (Å²) in [6.07, 6.45) is 4.92. The van der Waals surface area contributed by atoms with Crippen LogP contribution in [0.3, 0.4) is 0 Å². The van der Waals surface area contributed by atoms with E-state index >= 15 is 0 Å². The van der Waals surface area contributed by atoms with Crippen molar-refractivity contribution >= 4 is 17.6 Å². The summed E-state index contributed by atoms with van der Waals surface area (Å²) in [4.78, 5) is 23.5. The molecule has 0 heterocycles. The summed E-state index contributed by atoms with van der Waals surface area (Å²) in [7, 11) is 0. The Balaban J connectivity index is 1.59. The standard InChI is InChI=1S/C21H25N3O3/c22-20(25)13-15-7-1-5-11-18(15)24-21(26)23-14-16-8-2-6-12-19(16)27-17-9-3-4-10-17/h1-2,5-8,11-12,17H,3-4,9-10,13-14H2,(H2,22,25)(H2,23,24,26). The third kappa shape index (κ3) is 5.48. The molecule has 0 aliphatic heterocycles. The number of rotatable bonds is 7. The van der Waals surface area contributed by atoms with Gasteiger partial charge in [-0.15, -0.1) is 0 Å². The van der Waals surface area contributed by atoms with E-state index in [0.29, 0.717) is 17.8 Å². The lowest BCUT2D eigenvalue weighted by Gasteiger charge is -2.17. The van der Waals surface area contributed by atoms with Gasteiger partial charge in [0.15, 0.2) is 0 Å². The van der Waals surface area contributed by atoms with Crippen LogP contribution in [0.5, 0.6) is 5.75 Å². The largest absolute Gasteiger partial charge is 0.490 e. The lowest BCUT2D eigenvalue weighted by molar-refractivity contribution is -0.117. The Hall–Kier alpha value is -3.02. The Kier molecular flexibility index (Phi) is 6.30. The molecule has 6 heteroatoms. The molecule has 27 heavy (non-hydrogen) atoms. The van der Waals surface area contributed by atoms with Crippen LogP contribution in [0.25, 0.3) is 0 Å². The fourth-order valence-electron chi connectivity index (χ4n) is 3.28. The first kappa shape index (κ1) is 18.8. The molecule has 1 aliphatic rings. The van der Waals surface area contributed by atoms with Crippen molar-refractivity contribution in [1.82, 2.24) is 5.32 Å². The first-order valence-electron chi connectivity index (χ1n) is 9.27. The van der Waals surface area contributed by atoms with E-state index in [1.807, 2.05) is 24.3 Å². The van der Waals surface area contributed by atoms with Crippen LogP contribution in [-0.2, 0) is 17.8 Å². The van der Waals surface area contributed by atoms with E-state index in [1.165, 1.54) is 12.8 Å². The van der Waals surface area contributed by atoms with Gasteiger partial charge in [-0.05, 0) is 43.4 Å². The zero-order valence-electron chi connectivity index (χ0n) is 15.2. The first-order chi connectivity index (χ1) is 13.1. The van der Waals surface area contributed by atoms with Crippen molar-refractivity contribution in [3.05, 3.63) is 59.7 Å². The number of urea groups is 1. The fourth-order valence-corrected chi connectivity index (χ4v) is 3.28. The average Bonchev–Trinajstić information content (AvgIpc) is 3.15. The van der Waals surface area contributed by atoms with E-state index in [-0.39, 0.29) is 18.6 Å². The number of benzene rings is 2. The fraction of sp³-hybridized carbons (Fsp3) is 0.333. The van der Waals surface area contributed by atoms with E-state index in [9.17, 15) is 9.59 Å². The molecule has 4 N–H and O–H groups in total. The Morgan fingerprint density at radius 3 is 2.41 bits per heavy atom. The molecule has 0 saturated heterocycles. The molecule has 0 spiro atoms. The van der Waals surface area contributed by atoms with Crippen molar-refractivity contribution in [1.29, 1.82) is 0 Å². The molecule has 0 aromatic heterocycles. The summed E-state index contributed by atoms with van der Waals surface area (Å²) >= 11 is 0. The lowest BCUT2D eigenvalue weighted by Crippen LogP contribution is -2.29. The predicted molar refractivity (Wildman–Crippen MR) is 105 cm³/mol. The van der Waals surface area contributed by atoms with Crippen LogP contribution in [0.15, 0.2) is 48.5 Å². The molecular weight excluding hydrogens is 342 g/mol. The molecule has 3 rings (SSSR count). The van der Waals surface area contributed by atoms with Crippen LogP contribution in [0.2, 0.25) is 0 Å². The minimum Gasteiger partial charge on any atom is -0.490 e. The number of hydrogen-bond acceptors (Lipinski definition) is 3. The second-order valence-electron chi connectivity index (χ2n) is 6.74. The molecular formula is C21H25N3O3. The summed E-state index contributed by atoms with van der Waals surface area (Å²) in [5.74, 6) is 0.376. The highest BCUT2D eigenvalue weighted by atomic mass is 16.5. The van der Waals surface area contributed by atoms with Gasteiger partial charge in [0.2, 0.25) is 5.91 Å². The Morgan fingerprint density at radius 1 is 1.00 bits per heavy atom. The average molecular weight is 367 g/mol. The van der Waals surface area contributed by atoms with E-state index in [1.54, 1.807) is 24.3 Å². The summed E-state index contributed by atoms with van der Waals surface area (Å²) in [5, 5.41) is 5.63. The Labute approximate surface area is 159 Å². The highest BCUT2D eigenvalue weighted by Crippen LogP contribution is 2.26. The van der Waals surface area contributed by atoms with Crippen LogP contribution in [0, 0.1) is 0 Å². The molecule has 2 aromatic carbocycles. The minimum atomic E-state index is -0.442. The van der Waals surface area contributed by atoms with Gasteiger partial charge in [-0.2, -0.15) is 0 Å². The van der Waals surface area contributed by atoms with Crippen molar-refractivity contribution in [2.45, 2.75) is 44.8 Å². The van der Waals surface area contributed by atoms with Crippen molar-refractivity contribution in [3.63, 3.8) is 0 Å². The second kappa shape index (κ2) is 9.07. The zero-order valence-corrected chi connectivity index (χ0v) is 15.2. The number of amides is 3. The van der Waals surface area contributed by atoms with Gasteiger partial charge >= 0.3 is 6.03 Å². The summed E-state index contributed by atoms with van der Waals surface area (Å²) in [5.41, 5.74) is 7.46. The zero-order chi connectivity index (χ0) is 19.1. The Morgan fingerprint density at radius 2 is 1.67 bits per heavy atom. The van der Waals surface area contributed by atoms with E-state index < -0.39 is 5.91 Å². The van der Waals surface area contributed by atoms with Gasteiger partial charge in [0.25, 0.3) is 0 Å². The minimum absolute atomic E-state index is 0.0779. The maximum absolute atomic E-state index is 12.3. The number of carbonyl (C=O) groups excluding carboxylic acids is 2. The maximum Gasteiger partial charge on any atom is 0.319 e. The molecule has 0 atom stereocenters. The second-order valence-corrected chi connectivity index (χ2v) is 6.74. The molecule has 1 saturated carbocycles. The SMILES string of the molecule is NC(=O)Cc1ccccc1NC(=O)NCc1ccccc1OC1CCCC1. The molecule has 6 nitrogen and oxygen atoms in total. The number of ether oxygens (including phenoxy) is 1. The number of hydrogen-bond donors (Lipinski definition) is 3. The number of nitrogens with one attached hydrogen (secondary N) is 2. The van der Waals surface area contributed by atoms with Crippen LogP contribution >= 0.6 is 0 Å². The van der Waals surface area contributed by atoms with Crippen LogP contribution in [0.1, 0.15) is 36.8 Å². The summed E-state index contributed by atoms with van der Waals surface area (Å²) in [6.45, 7) is 0.354. The van der Waals surface area contributed by atoms with E-state index in [4.69, 9.17) is 10.5 Å². The quantitative estimate of drug-likeness (QED) is 0.700. The van der Waals surface area contributed by atoms with Crippen molar-refractivity contribution in [3.8, 4) is 5.75 Å². The normalized spacial score (nSPS) is 13.9. The van der Waals surface area contributed by atoms with Crippen molar-refractivity contribution in [2.24, 2.45) is 5.73 Å². The van der Waals surface area contributed by atoms with Gasteiger partial charge < -0.3 is 21.1 Å². The van der Waals surface area contributed by atoms with Gasteiger partial charge in [0.05, 0.1) is 12.5 Å². The highest BCUT2D eigenvalue weighted by molar-refractivity contribution is 5.91. The van der Waals surface area contributed by atoms with Crippen LogP contribution < -0.4 is 21.1 Å². The third-order valence-corrected chi connectivity index (χ3v) is 4.64. The van der Waals surface area contributed by atoms with E-state index in [0.717, 1.165) is 24.2 Å². The predicted octanol–water partition coefficient (Wildman–Crippen LogP) is 3.36. The molecule has 0 unspecified atom stereocenters. The molecule has 0 bridgehead atoms. The molecule has 1 fully saturated rings. The van der Waals surface area contributed by atoms with Gasteiger partial charge in [0, 0.05) is 17.8 Å². The smallest absolute Gasteiger partial charge is 0.319 e. The van der Waals surface area contributed by atoms with Crippen molar-refractivity contribution in [2.75, 3.05) is 5.32 Å². The summed E-state index contributed by atoms with van der Waals surface area (Å²) in [6, 6.07) is 14.5. The lowest BCUT2D eigenvalue weighted by atomic mass is 10.1. The van der Waals surface area contributed by atoms with Gasteiger partial charge in [-0.1, -0.05) is 36.4 Å². The number of para-hydroxylation sites is 2. The summed E-state index contributed by atoms with van der Waals surface area (Å²) < 4.78 is 6.10. The van der Waals surface area contributed by atoms with E-state index in [2.05, 4.69) is 10.6 Å².